The van der Waals surface area contributed by atoms with Crippen LogP contribution in [0.5, 0.6) is 0 Å². The lowest BCUT2D eigenvalue weighted by molar-refractivity contribution is -0.136. The van der Waals surface area contributed by atoms with E-state index < -0.39 is 18.0 Å². The Kier molecular flexibility index (Phi) is 11.6. The van der Waals surface area contributed by atoms with Crippen LogP contribution >= 0.6 is 22.7 Å². The van der Waals surface area contributed by atoms with Gasteiger partial charge in [-0.2, -0.15) is 0 Å². The van der Waals surface area contributed by atoms with E-state index in [9.17, 15) is 24.0 Å². The highest BCUT2D eigenvalue weighted by molar-refractivity contribution is 7.10. The number of hydrogen-bond acceptors (Lipinski definition) is 9. The fraction of sp³-hybridized carbons (Fsp3) is 0.433. The lowest BCUT2D eigenvalue weighted by Crippen LogP contribution is -2.44. The second kappa shape index (κ2) is 15.5. The number of nitrogens with zero attached hydrogens (tertiary/aromatic N) is 3. The highest BCUT2D eigenvalue weighted by atomic mass is 32.1. The number of hydrogen-bond donors (Lipinski definition) is 4. The van der Waals surface area contributed by atoms with Gasteiger partial charge in [0.2, 0.25) is 17.7 Å². The average molecular weight is 640 g/mol. The minimum absolute atomic E-state index is 0.00694. The molecule has 0 fully saturated rings. The number of benzene rings is 1. The van der Waals surface area contributed by atoms with Crippen LogP contribution in [0.3, 0.4) is 0 Å². The second-order valence-corrected chi connectivity index (χ2v) is 12.6. The van der Waals surface area contributed by atoms with Gasteiger partial charge < -0.3 is 26.2 Å². The van der Waals surface area contributed by atoms with Crippen LogP contribution in [0.4, 0.5) is 0 Å². The Bertz CT molecular complexity index is 1470. The van der Waals surface area contributed by atoms with Gasteiger partial charge in [-0.05, 0) is 24.3 Å². The van der Waals surface area contributed by atoms with E-state index in [0.717, 1.165) is 5.56 Å². The molecule has 0 aliphatic carbocycles. The third-order valence-electron chi connectivity index (χ3n) is 6.93. The normalized spacial score (nSPS) is 18.4. The van der Waals surface area contributed by atoms with Crippen LogP contribution < -0.4 is 21.3 Å². The minimum Gasteiger partial charge on any atom is -0.356 e. The van der Waals surface area contributed by atoms with Crippen molar-refractivity contribution in [3.05, 3.63) is 68.1 Å². The molecule has 2 atom stereocenters. The maximum Gasteiger partial charge on any atom is 0.271 e. The molecule has 4 rings (SSSR count). The number of carbonyl (C=O) groups is 5. The first kappa shape index (κ1) is 32.7. The van der Waals surface area contributed by atoms with Crippen molar-refractivity contribution in [2.45, 2.75) is 52.1 Å². The number of thiazole rings is 2. The fourth-order valence-electron chi connectivity index (χ4n) is 4.64. The molecule has 234 valence electrons. The molecule has 0 radical (unpaired) electrons. The lowest BCUT2D eigenvalue weighted by atomic mass is 10.0. The topological polar surface area (TPSA) is 162 Å². The zero-order valence-electron chi connectivity index (χ0n) is 24.9. The number of aromatic nitrogens is 2. The molecule has 1 aromatic carbocycles. The summed E-state index contributed by atoms with van der Waals surface area (Å²) in [6.45, 7) is 5.69. The summed E-state index contributed by atoms with van der Waals surface area (Å²) >= 11 is 2.57. The molecule has 5 amide bonds. The first-order chi connectivity index (χ1) is 21.1. The van der Waals surface area contributed by atoms with E-state index >= 15 is 0 Å². The van der Waals surface area contributed by atoms with Gasteiger partial charge in [-0.25, -0.2) is 9.97 Å². The van der Waals surface area contributed by atoms with E-state index in [2.05, 4.69) is 31.2 Å². The zero-order chi connectivity index (χ0) is 31.6. The van der Waals surface area contributed by atoms with Gasteiger partial charge in [-0.15, -0.1) is 22.7 Å². The largest absolute Gasteiger partial charge is 0.356 e. The molecule has 1 aliphatic heterocycles. The smallest absolute Gasteiger partial charge is 0.271 e. The Labute approximate surface area is 264 Å². The first-order valence-corrected chi connectivity index (χ1v) is 16.2. The van der Waals surface area contributed by atoms with Gasteiger partial charge in [-0.3, -0.25) is 24.0 Å². The third-order valence-corrected chi connectivity index (χ3v) is 8.82. The summed E-state index contributed by atoms with van der Waals surface area (Å²) in [5, 5.41) is 15.9. The van der Waals surface area contributed by atoms with Crippen molar-refractivity contribution in [3.63, 3.8) is 0 Å². The third kappa shape index (κ3) is 9.16. The molecule has 3 aromatic rings. The van der Waals surface area contributed by atoms with E-state index in [1.165, 1.54) is 34.5 Å². The van der Waals surface area contributed by atoms with Crippen molar-refractivity contribution >= 4 is 52.2 Å². The standard InChI is InChI=1S/C30H37N7O5S2/c1-18(2)26-30-35-22(16-44-30)27(41)32-11-7-13-37(25(40)10-12-31-19(3)38)15-24(39)33-21(14-20-8-5-4-6-9-20)29-34-23(17-43-29)28(42)36-26/h4-6,8-9,16-18,21,26H,7,10-15H2,1-3H3,(H,31,38)(H,32,41)(H,33,39)(H,36,42)/t21-,26-/m0/s1. The summed E-state index contributed by atoms with van der Waals surface area (Å²) in [7, 11) is 0. The highest BCUT2D eigenvalue weighted by Crippen LogP contribution is 2.27. The highest BCUT2D eigenvalue weighted by Gasteiger charge is 2.27. The Balaban J connectivity index is 1.63. The Morgan fingerprint density at radius 2 is 1.68 bits per heavy atom. The van der Waals surface area contributed by atoms with Gasteiger partial charge in [0.1, 0.15) is 21.4 Å². The number of amides is 5. The molecule has 0 saturated heterocycles. The summed E-state index contributed by atoms with van der Waals surface area (Å²) in [4.78, 5) is 74.4. The van der Waals surface area contributed by atoms with Crippen molar-refractivity contribution in [2.24, 2.45) is 5.92 Å². The number of nitrogens with one attached hydrogen (secondary N) is 4. The van der Waals surface area contributed by atoms with E-state index in [1.54, 1.807) is 10.8 Å². The molecule has 14 heteroatoms. The molecule has 1 aliphatic rings. The predicted molar refractivity (Wildman–Crippen MR) is 167 cm³/mol. The molecule has 4 N–H and O–H groups in total. The number of rotatable bonds is 6. The summed E-state index contributed by atoms with van der Waals surface area (Å²) in [5.41, 5.74) is 1.42. The van der Waals surface area contributed by atoms with Crippen LogP contribution in [-0.4, -0.2) is 70.6 Å². The lowest BCUT2D eigenvalue weighted by Gasteiger charge is -2.24. The second-order valence-electron chi connectivity index (χ2n) is 10.8. The maximum absolute atomic E-state index is 13.4. The van der Waals surface area contributed by atoms with Crippen molar-refractivity contribution in [1.29, 1.82) is 0 Å². The SMILES string of the molecule is CC(=O)NCCC(=O)N1CCCNC(=O)c2csc(n2)[C@H](C(C)C)NC(=O)c2csc(n2)[C@H](Cc2ccccc2)NC(=O)C1. The van der Waals surface area contributed by atoms with E-state index in [0.29, 0.717) is 22.9 Å². The van der Waals surface area contributed by atoms with Crippen molar-refractivity contribution in [3.8, 4) is 0 Å². The molecular formula is C30H37N7O5S2. The molecule has 3 heterocycles. The van der Waals surface area contributed by atoms with E-state index in [1.807, 2.05) is 44.2 Å². The van der Waals surface area contributed by atoms with Gasteiger partial charge in [0.05, 0.1) is 18.6 Å². The van der Waals surface area contributed by atoms with Crippen LogP contribution in [0, 0.1) is 5.92 Å². The van der Waals surface area contributed by atoms with Crippen LogP contribution in [0.25, 0.3) is 0 Å². The maximum atomic E-state index is 13.4. The van der Waals surface area contributed by atoms with Gasteiger partial charge in [0.15, 0.2) is 0 Å². The average Bonchev–Trinajstić information content (AvgIpc) is 3.68. The van der Waals surface area contributed by atoms with Crippen LogP contribution in [0.15, 0.2) is 41.1 Å². The van der Waals surface area contributed by atoms with Gasteiger partial charge in [-0.1, -0.05) is 44.2 Å². The minimum atomic E-state index is -0.545. The molecule has 44 heavy (non-hydrogen) atoms. The quantitative estimate of drug-likeness (QED) is 0.322. The van der Waals surface area contributed by atoms with Crippen LogP contribution in [-0.2, 0) is 20.8 Å². The Morgan fingerprint density at radius 3 is 2.39 bits per heavy atom. The monoisotopic (exact) mass is 639 g/mol. The number of fused-ring (bicyclic) bond motifs is 4. The molecule has 0 spiro atoms. The van der Waals surface area contributed by atoms with Crippen LogP contribution in [0.2, 0.25) is 0 Å². The molecule has 0 saturated carbocycles. The first-order valence-electron chi connectivity index (χ1n) is 14.5. The molecular weight excluding hydrogens is 603 g/mol. The zero-order valence-corrected chi connectivity index (χ0v) is 26.6. The van der Waals surface area contributed by atoms with Crippen LogP contribution in [0.1, 0.15) is 82.3 Å². The van der Waals surface area contributed by atoms with E-state index in [4.69, 9.17) is 0 Å². The van der Waals surface area contributed by atoms with Crippen molar-refractivity contribution < 1.29 is 24.0 Å². The predicted octanol–water partition coefficient (Wildman–Crippen LogP) is 2.61. The summed E-state index contributed by atoms with van der Waals surface area (Å²) in [6, 6.07) is 8.64. The van der Waals surface area contributed by atoms with Crippen molar-refractivity contribution in [2.75, 3.05) is 26.2 Å². The summed E-state index contributed by atoms with van der Waals surface area (Å²) < 4.78 is 0. The Hall–Kier alpha value is -4.17. The van der Waals surface area contributed by atoms with Gasteiger partial charge in [0, 0.05) is 43.7 Å². The van der Waals surface area contributed by atoms with E-state index in [-0.39, 0.29) is 73.5 Å². The van der Waals surface area contributed by atoms with Gasteiger partial charge >= 0.3 is 0 Å². The van der Waals surface area contributed by atoms with Gasteiger partial charge in [0.25, 0.3) is 11.8 Å². The molecule has 4 bridgehead atoms. The number of carbonyl (C=O) groups excluding carboxylic acids is 5. The molecule has 2 aromatic heterocycles. The molecule has 12 nitrogen and oxygen atoms in total. The van der Waals surface area contributed by atoms with Crippen molar-refractivity contribution in [1.82, 2.24) is 36.1 Å². The Morgan fingerprint density at radius 1 is 1.00 bits per heavy atom. The fourth-order valence-corrected chi connectivity index (χ4v) is 6.51. The summed E-state index contributed by atoms with van der Waals surface area (Å²) in [5.74, 6) is -1.70. The molecule has 0 unspecified atom stereocenters. The summed E-state index contributed by atoms with van der Waals surface area (Å²) in [6.07, 6.45) is 0.853.